The fourth-order valence-electron chi connectivity index (χ4n) is 6.41. The minimum Gasteiger partial charge on any atom is -0.324 e. The Labute approximate surface area is 212 Å². The van der Waals surface area contributed by atoms with Crippen LogP contribution in [0.3, 0.4) is 0 Å². The number of nitrogens with one attached hydrogen (secondary N) is 1. The van der Waals surface area contributed by atoms with E-state index in [1.165, 1.54) is 0 Å². The third-order valence-corrected chi connectivity index (χ3v) is 8.61. The van der Waals surface area contributed by atoms with Crippen molar-refractivity contribution in [1.29, 1.82) is 0 Å². The first-order chi connectivity index (χ1) is 16.4. The van der Waals surface area contributed by atoms with E-state index in [0.29, 0.717) is 26.3 Å². The average Bonchev–Trinajstić information content (AvgIpc) is 3.49. The summed E-state index contributed by atoms with van der Waals surface area (Å²) in [7, 11) is 0. The summed E-state index contributed by atoms with van der Waals surface area (Å²) in [6.45, 7) is 0.735. The van der Waals surface area contributed by atoms with E-state index < -0.39 is 11.5 Å². The molecule has 7 heteroatoms. The van der Waals surface area contributed by atoms with Crippen molar-refractivity contribution in [2.24, 2.45) is 5.92 Å². The van der Waals surface area contributed by atoms with Crippen molar-refractivity contribution in [3.63, 3.8) is 0 Å². The van der Waals surface area contributed by atoms with Crippen LogP contribution in [0.25, 0.3) is 0 Å². The van der Waals surface area contributed by atoms with Gasteiger partial charge in [0, 0.05) is 33.8 Å². The van der Waals surface area contributed by atoms with Crippen LogP contribution in [0.4, 0.5) is 5.69 Å². The molecule has 6 rings (SSSR count). The number of fused-ring (bicyclic) bond motifs is 4. The fourth-order valence-corrected chi connectivity index (χ4v) is 6.88. The van der Waals surface area contributed by atoms with Gasteiger partial charge in [-0.15, -0.1) is 0 Å². The molecule has 0 saturated carbocycles. The number of anilines is 1. The van der Waals surface area contributed by atoms with Gasteiger partial charge in [-0.1, -0.05) is 65.1 Å². The molecule has 3 aromatic carbocycles. The molecule has 1 amide bonds. The highest BCUT2D eigenvalue weighted by molar-refractivity contribution is 6.42. The van der Waals surface area contributed by atoms with Crippen molar-refractivity contribution >= 4 is 52.2 Å². The number of carbonyl (C=O) groups is 2. The Morgan fingerprint density at radius 2 is 1.76 bits per heavy atom. The van der Waals surface area contributed by atoms with Crippen LogP contribution in [0, 0.1) is 5.92 Å². The Kier molecular flexibility index (Phi) is 5.27. The molecule has 0 radical (unpaired) electrons. The van der Waals surface area contributed by atoms with Crippen LogP contribution >= 0.6 is 34.8 Å². The lowest BCUT2D eigenvalue weighted by Gasteiger charge is -2.37. The highest BCUT2D eigenvalue weighted by atomic mass is 35.5. The Morgan fingerprint density at radius 3 is 2.53 bits per heavy atom. The smallest absolute Gasteiger partial charge is 0.250 e. The first kappa shape index (κ1) is 22.1. The van der Waals surface area contributed by atoms with E-state index in [-0.39, 0.29) is 23.7 Å². The summed E-state index contributed by atoms with van der Waals surface area (Å²) in [5.41, 5.74) is 1.84. The summed E-state index contributed by atoms with van der Waals surface area (Å²) in [5, 5.41) is 4.30. The normalized spacial score (nSPS) is 27.6. The number of ketones is 1. The molecule has 3 aliphatic rings. The maximum atomic E-state index is 14.4. The van der Waals surface area contributed by atoms with Crippen LogP contribution in [0.1, 0.15) is 40.2 Å². The average molecular weight is 512 g/mol. The molecule has 2 fully saturated rings. The number of nitrogens with zero attached hydrogens (tertiary/aromatic N) is 1. The van der Waals surface area contributed by atoms with Crippen LogP contribution < -0.4 is 5.32 Å². The van der Waals surface area contributed by atoms with Gasteiger partial charge >= 0.3 is 0 Å². The zero-order chi connectivity index (χ0) is 23.6. The van der Waals surface area contributed by atoms with E-state index >= 15 is 0 Å². The summed E-state index contributed by atoms with van der Waals surface area (Å²) < 4.78 is 0. The minimum absolute atomic E-state index is 0.0507. The zero-order valence-electron chi connectivity index (χ0n) is 18.1. The van der Waals surface area contributed by atoms with Gasteiger partial charge in [0.15, 0.2) is 5.78 Å². The standard InChI is InChI=1S/C27H21Cl3N2O2/c28-17-9-11-21-18(14-17)27(26(34)31-21)24(25(33)16-8-10-19(29)20(30)13-16)23(15-5-2-1-3-6-15)22-7-4-12-32(22)27/h1-3,5-6,8-11,13-14,22-24H,4,7,12H2,(H,31,34)/t22?,23?,24?,27-/m1/s1. The predicted molar refractivity (Wildman–Crippen MR) is 135 cm³/mol. The van der Waals surface area contributed by atoms with Crippen molar-refractivity contribution in [3.05, 3.63) is 98.5 Å². The van der Waals surface area contributed by atoms with Crippen LogP contribution in [-0.4, -0.2) is 29.2 Å². The molecule has 4 nitrogen and oxygen atoms in total. The molecular weight excluding hydrogens is 491 g/mol. The topological polar surface area (TPSA) is 49.4 Å². The van der Waals surface area contributed by atoms with Crippen molar-refractivity contribution in [3.8, 4) is 0 Å². The van der Waals surface area contributed by atoms with Crippen LogP contribution in [0.15, 0.2) is 66.7 Å². The molecule has 3 aliphatic heterocycles. The monoisotopic (exact) mass is 510 g/mol. The van der Waals surface area contributed by atoms with Crippen LogP contribution in [-0.2, 0) is 10.3 Å². The second kappa shape index (κ2) is 8.10. The summed E-state index contributed by atoms with van der Waals surface area (Å²) in [4.78, 5) is 30.6. The van der Waals surface area contributed by atoms with E-state index in [2.05, 4.69) is 22.3 Å². The molecular formula is C27H21Cl3N2O2. The van der Waals surface area contributed by atoms with E-state index in [0.717, 1.165) is 30.5 Å². The fraction of sp³-hybridized carbons (Fsp3) is 0.259. The number of carbonyl (C=O) groups excluding carboxylic acids is 2. The first-order valence-electron chi connectivity index (χ1n) is 11.4. The van der Waals surface area contributed by atoms with Gasteiger partial charge in [0.2, 0.25) is 5.91 Å². The first-order valence-corrected chi connectivity index (χ1v) is 12.5. The molecule has 34 heavy (non-hydrogen) atoms. The molecule has 1 spiro atoms. The molecule has 0 aromatic heterocycles. The van der Waals surface area contributed by atoms with Crippen molar-refractivity contribution in [1.82, 2.24) is 4.90 Å². The SMILES string of the molecule is O=C(c1ccc(Cl)c(Cl)c1)C1C(c2ccccc2)C2CCCN2[C@@]12C(=O)Nc1ccc(Cl)cc12. The second-order valence-corrected chi connectivity index (χ2v) is 10.5. The molecule has 3 heterocycles. The number of rotatable bonds is 3. The summed E-state index contributed by atoms with van der Waals surface area (Å²) in [6.07, 6.45) is 1.88. The van der Waals surface area contributed by atoms with Crippen LogP contribution in [0.2, 0.25) is 15.1 Å². The van der Waals surface area contributed by atoms with Crippen molar-refractivity contribution < 1.29 is 9.59 Å². The maximum Gasteiger partial charge on any atom is 0.250 e. The lowest BCUT2D eigenvalue weighted by molar-refractivity contribution is -0.127. The summed E-state index contributed by atoms with van der Waals surface area (Å²) >= 11 is 18.9. The number of halogens is 3. The number of benzene rings is 3. The van der Waals surface area contributed by atoms with Crippen LogP contribution in [0.5, 0.6) is 0 Å². The maximum absolute atomic E-state index is 14.4. The number of hydrogen-bond acceptors (Lipinski definition) is 3. The third-order valence-electron chi connectivity index (χ3n) is 7.63. The molecule has 1 N–H and O–H groups in total. The number of amides is 1. The highest BCUT2D eigenvalue weighted by Gasteiger charge is 2.69. The largest absolute Gasteiger partial charge is 0.324 e. The number of hydrogen-bond donors (Lipinski definition) is 1. The predicted octanol–water partition coefficient (Wildman–Crippen LogP) is 6.56. The highest BCUT2D eigenvalue weighted by Crippen LogP contribution is 2.61. The molecule has 172 valence electrons. The minimum atomic E-state index is -1.15. The quantitative estimate of drug-likeness (QED) is 0.405. The van der Waals surface area contributed by atoms with Crippen molar-refractivity contribution in [2.45, 2.75) is 30.3 Å². The lowest BCUT2D eigenvalue weighted by Crippen LogP contribution is -2.52. The van der Waals surface area contributed by atoms with E-state index in [4.69, 9.17) is 34.8 Å². The van der Waals surface area contributed by atoms with Gasteiger partial charge in [-0.25, -0.2) is 0 Å². The molecule has 3 unspecified atom stereocenters. The lowest BCUT2D eigenvalue weighted by atomic mass is 9.69. The Bertz CT molecular complexity index is 1330. The van der Waals surface area contributed by atoms with Gasteiger partial charge in [-0.2, -0.15) is 0 Å². The summed E-state index contributed by atoms with van der Waals surface area (Å²) in [6, 6.07) is 20.5. The zero-order valence-corrected chi connectivity index (χ0v) is 20.4. The van der Waals surface area contributed by atoms with Crippen molar-refractivity contribution in [2.75, 3.05) is 11.9 Å². The van der Waals surface area contributed by atoms with E-state index in [9.17, 15) is 9.59 Å². The summed E-state index contributed by atoms with van der Waals surface area (Å²) in [5.74, 6) is -1.11. The van der Waals surface area contributed by atoms with Gasteiger partial charge in [0.05, 0.1) is 16.0 Å². The molecule has 0 aliphatic carbocycles. The molecule has 3 aromatic rings. The van der Waals surface area contributed by atoms with E-state index in [1.807, 2.05) is 30.3 Å². The van der Waals surface area contributed by atoms with Gasteiger partial charge in [0.1, 0.15) is 5.54 Å². The van der Waals surface area contributed by atoms with Gasteiger partial charge in [-0.05, 0) is 61.3 Å². The molecule has 2 saturated heterocycles. The molecule has 0 bridgehead atoms. The third kappa shape index (κ3) is 3.02. The molecule has 4 atom stereocenters. The Hall–Kier alpha value is -2.37. The number of Topliss-reactive ketones (excluding diaryl/α,β-unsaturated/α-hetero) is 1. The van der Waals surface area contributed by atoms with Gasteiger partial charge in [-0.3, -0.25) is 14.5 Å². The Balaban J connectivity index is 1.62. The van der Waals surface area contributed by atoms with Gasteiger partial charge < -0.3 is 5.32 Å². The van der Waals surface area contributed by atoms with E-state index in [1.54, 1.807) is 24.3 Å². The second-order valence-electron chi connectivity index (χ2n) is 9.22. The Morgan fingerprint density at radius 1 is 0.971 bits per heavy atom. The van der Waals surface area contributed by atoms with Gasteiger partial charge in [0.25, 0.3) is 0 Å².